The minimum atomic E-state index is -3.88. The molecule has 0 amide bonds. The molecular weight excluding hydrogens is 274 g/mol. The Labute approximate surface area is 111 Å². The molecule has 1 aliphatic rings. The molecule has 2 atom stereocenters. The van der Waals surface area contributed by atoms with Crippen LogP contribution in [0, 0.1) is 11.6 Å². The first kappa shape index (κ1) is 14.4. The van der Waals surface area contributed by atoms with Crippen LogP contribution >= 0.6 is 0 Å². The van der Waals surface area contributed by atoms with Gasteiger partial charge in [0.15, 0.2) is 0 Å². The molecule has 0 unspecified atom stereocenters. The van der Waals surface area contributed by atoms with Crippen LogP contribution in [0.15, 0.2) is 23.1 Å². The Hall–Kier alpha value is -1.05. The first-order valence-electron chi connectivity index (χ1n) is 6.02. The molecule has 0 bridgehead atoms. The molecule has 0 spiro atoms. The van der Waals surface area contributed by atoms with Crippen molar-refractivity contribution in [2.75, 3.05) is 13.1 Å². The van der Waals surface area contributed by atoms with Crippen molar-refractivity contribution < 1.29 is 17.2 Å². The van der Waals surface area contributed by atoms with Gasteiger partial charge in [-0.05, 0) is 26.0 Å². The van der Waals surface area contributed by atoms with Crippen LogP contribution in [0.4, 0.5) is 8.78 Å². The van der Waals surface area contributed by atoms with Gasteiger partial charge in [-0.25, -0.2) is 17.2 Å². The monoisotopic (exact) mass is 290 g/mol. The Morgan fingerprint density at radius 3 is 2.37 bits per heavy atom. The molecule has 1 aromatic rings. The number of benzene rings is 1. The van der Waals surface area contributed by atoms with E-state index in [0.717, 1.165) is 12.1 Å². The summed E-state index contributed by atoms with van der Waals surface area (Å²) in [5, 5.41) is 3.15. The van der Waals surface area contributed by atoms with E-state index in [4.69, 9.17) is 0 Å². The Balaban J connectivity index is 2.40. The standard InChI is InChI=1S/C12H16F2N2O2S/c1-8-7-16(9(2)6-15-8)19(17,18)12-4-10(13)3-11(14)5-12/h3-5,8-9,15H,6-7H2,1-2H3/t8-,9+/m0/s1. The van der Waals surface area contributed by atoms with Gasteiger partial charge in [-0.2, -0.15) is 4.31 Å². The zero-order valence-electron chi connectivity index (χ0n) is 10.7. The van der Waals surface area contributed by atoms with Gasteiger partial charge in [0.25, 0.3) is 0 Å². The van der Waals surface area contributed by atoms with Crippen molar-refractivity contribution in [2.45, 2.75) is 30.8 Å². The fourth-order valence-electron chi connectivity index (χ4n) is 2.14. The number of sulfonamides is 1. The summed E-state index contributed by atoms with van der Waals surface area (Å²) in [5.41, 5.74) is 0. The van der Waals surface area contributed by atoms with E-state index in [1.807, 2.05) is 6.92 Å². The Kier molecular flexibility index (Phi) is 3.89. The van der Waals surface area contributed by atoms with Gasteiger partial charge >= 0.3 is 0 Å². The summed E-state index contributed by atoms with van der Waals surface area (Å²) >= 11 is 0. The maximum atomic E-state index is 13.2. The third kappa shape index (κ3) is 2.93. The summed E-state index contributed by atoms with van der Waals surface area (Å²) in [5.74, 6) is -1.79. The summed E-state index contributed by atoms with van der Waals surface area (Å²) in [6.07, 6.45) is 0. The SMILES string of the molecule is C[C@@H]1CN[C@@H](C)CN1S(=O)(=O)c1cc(F)cc(F)c1. The van der Waals surface area contributed by atoms with E-state index in [0.29, 0.717) is 12.6 Å². The van der Waals surface area contributed by atoms with Gasteiger partial charge in [-0.15, -0.1) is 0 Å². The van der Waals surface area contributed by atoms with Crippen LogP contribution < -0.4 is 5.32 Å². The fraction of sp³-hybridized carbons (Fsp3) is 0.500. The molecule has 1 aromatic carbocycles. The zero-order valence-corrected chi connectivity index (χ0v) is 11.5. The van der Waals surface area contributed by atoms with Gasteiger partial charge in [0.2, 0.25) is 10.0 Å². The summed E-state index contributed by atoms with van der Waals surface area (Å²) in [7, 11) is -3.88. The van der Waals surface area contributed by atoms with E-state index in [-0.39, 0.29) is 23.5 Å². The highest BCUT2D eigenvalue weighted by molar-refractivity contribution is 7.89. The van der Waals surface area contributed by atoms with Crippen LogP contribution in [-0.2, 0) is 10.0 Å². The van der Waals surface area contributed by atoms with E-state index in [1.165, 1.54) is 4.31 Å². The van der Waals surface area contributed by atoms with Crippen molar-refractivity contribution in [1.82, 2.24) is 9.62 Å². The van der Waals surface area contributed by atoms with E-state index < -0.39 is 21.7 Å². The summed E-state index contributed by atoms with van der Waals surface area (Å²) in [4.78, 5) is -0.342. The molecular formula is C12H16F2N2O2S. The molecule has 7 heteroatoms. The van der Waals surface area contributed by atoms with Crippen LogP contribution in [0.25, 0.3) is 0 Å². The lowest BCUT2D eigenvalue weighted by molar-refractivity contribution is 0.244. The normalized spacial score (nSPS) is 25.5. The largest absolute Gasteiger partial charge is 0.311 e. The van der Waals surface area contributed by atoms with Crippen LogP contribution in [-0.4, -0.2) is 37.9 Å². The minimum absolute atomic E-state index is 0.00406. The summed E-state index contributed by atoms with van der Waals surface area (Å²) in [6.45, 7) is 4.41. The molecule has 1 fully saturated rings. The second-order valence-electron chi connectivity index (χ2n) is 4.84. The van der Waals surface area contributed by atoms with Crippen molar-refractivity contribution in [3.8, 4) is 0 Å². The molecule has 0 radical (unpaired) electrons. The topological polar surface area (TPSA) is 49.4 Å². The second-order valence-corrected chi connectivity index (χ2v) is 6.73. The van der Waals surface area contributed by atoms with Gasteiger partial charge in [0.1, 0.15) is 11.6 Å². The van der Waals surface area contributed by atoms with Crippen LogP contribution in [0.3, 0.4) is 0 Å². The van der Waals surface area contributed by atoms with Gasteiger partial charge in [0.05, 0.1) is 4.90 Å². The minimum Gasteiger partial charge on any atom is -0.311 e. The van der Waals surface area contributed by atoms with E-state index >= 15 is 0 Å². The average molecular weight is 290 g/mol. The Bertz CT molecular complexity index is 557. The molecule has 0 aliphatic carbocycles. The van der Waals surface area contributed by atoms with Crippen molar-refractivity contribution in [1.29, 1.82) is 0 Å². The Morgan fingerprint density at radius 1 is 1.21 bits per heavy atom. The van der Waals surface area contributed by atoms with Gasteiger partial charge in [-0.1, -0.05) is 0 Å². The predicted molar refractivity (Wildman–Crippen MR) is 67.2 cm³/mol. The third-order valence-electron chi connectivity index (χ3n) is 3.15. The summed E-state index contributed by atoms with van der Waals surface area (Å²) in [6, 6.07) is 2.09. The molecule has 2 rings (SSSR count). The predicted octanol–water partition coefficient (Wildman–Crippen LogP) is 1.34. The average Bonchev–Trinajstić information content (AvgIpc) is 2.31. The Morgan fingerprint density at radius 2 is 1.79 bits per heavy atom. The lowest BCUT2D eigenvalue weighted by atomic mass is 10.2. The molecule has 0 aromatic heterocycles. The molecule has 106 valence electrons. The van der Waals surface area contributed by atoms with E-state index in [1.54, 1.807) is 6.92 Å². The van der Waals surface area contributed by atoms with Crippen LogP contribution in [0.2, 0.25) is 0 Å². The number of halogens is 2. The zero-order chi connectivity index (χ0) is 14.2. The van der Waals surface area contributed by atoms with Gasteiger partial charge in [-0.3, -0.25) is 0 Å². The molecule has 1 saturated heterocycles. The maximum Gasteiger partial charge on any atom is 0.243 e. The van der Waals surface area contributed by atoms with Crippen molar-refractivity contribution in [3.05, 3.63) is 29.8 Å². The number of nitrogens with zero attached hydrogens (tertiary/aromatic N) is 1. The van der Waals surface area contributed by atoms with Gasteiger partial charge in [0, 0.05) is 31.2 Å². The summed E-state index contributed by atoms with van der Waals surface area (Å²) < 4.78 is 52.4. The number of piperazine rings is 1. The van der Waals surface area contributed by atoms with Crippen molar-refractivity contribution in [2.24, 2.45) is 0 Å². The van der Waals surface area contributed by atoms with E-state index in [9.17, 15) is 17.2 Å². The first-order chi connectivity index (χ1) is 8.80. The lowest BCUT2D eigenvalue weighted by Crippen LogP contribution is -2.56. The maximum absolute atomic E-state index is 13.2. The molecule has 1 heterocycles. The van der Waals surface area contributed by atoms with Crippen LogP contribution in [0.5, 0.6) is 0 Å². The highest BCUT2D eigenvalue weighted by Crippen LogP contribution is 2.22. The van der Waals surface area contributed by atoms with Crippen LogP contribution in [0.1, 0.15) is 13.8 Å². The number of hydrogen-bond donors (Lipinski definition) is 1. The quantitative estimate of drug-likeness (QED) is 0.894. The highest BCUT2D eigenvalue weighted by atomic mass is 32.2. The molecule has 0 saturated carbocycles. The molecule has 4 nitrogen and oxygen atoms in total. The number of nitrogens with one attached hydrogen (secondary N) is 1. The highest BCUT2D eigenvalue weighted by Gasteiger charge is 2.33. The molecule has 1 N–H and O–H groups in total. The number of hydrogen-bond acceptors (Lipinski definition) is 3. The van der Waals surface area contributed by atoms with Crippen molar-refractivity contribution >= 4 is 10.0 Å². The van der Waals surface area contributed by atoms with Gasteiger partial charge < -0.3 is 5.32 Å². The van der Waals surface area contributed by atoms with E-state index in [2.05, 4.69) is 5.32 Å². The van der Waals surface area contributed by atoms with Crippen molar-refractivity contribution in [3.63, 3.8) is 0 Å². The lowest BCUT2D eigenvalue weighted by Gasteiger charge is -2.36. The third-order valence-corrected chi connectivity index (χ3v) is 5.11. The molecule has 1 aliphatic heterocycles. The number of rotatable bonds is 2. The fourth-order valence-corrected chi connectivity index (χ4v) is 3.90. The molecule has 19 heavy (non-hydrogen) atoms. The second kappa shape index (κ2) is 5.15. The smallest absolute Gasteiger partial charge is 0.243 e. The first-order valence-corrected chi connectivity index (χ1v) is 7.46.